The molecule has 0 fully saturated rings. The third-order valence-corrected chi connectivity index (χ3v) is 7.90. The summed E-state index contributed by atoms with van der Waals surface area (Å²) in [6, 6.07) is 22.2. The number of halogens is 1. The first kappa shape index (κ1) is 21.7. The molecule has 0 saturated heterocycles. The van der Waals surface area contributed by atoms with Crippen molar-refractivity contribution in [2.24, 2.45) is 5.73 Å². The van der Waals surface area contributed by atoms with Gasteiger partial charge in [-0.25, -0.2) is 12.8 Å². The molecule has 0 bridgehead atoms. The maximum absolute atomic E-state index is 15.0. The molecule has 3 aromatic carbocycles. The van der Waals surface area contributed by atoms with E-state index in [-0.39, 0.29) is 34.2 Å². The number of hydrogen-bond donors (Lipinski definition) is 1. The van der Waals surface area contributed by atoms with Crippen LogP contribution in [0.1, 0.15) is 28.2 Å². The van der Waals surface area contributed by atoms with Gasteiger partial charge in [-0.1, -0.05) is 60.2 Å². The summed E-state index contributed by atoms with van der Waals surface area (Å²) in [6.07, 6.45) is 0. The third kappa shape index (κ3) is 3.33. The predicted molar refractivity (Wildman–Crippen MR) is 127 cm³/mol. The zero-order chi connectivity index (χ0) is 24.0. The van der Waals surface area contributed by atoms with E-state index in [1.807, 2.05) is 37.3 Å². The lowest BCUT2D eigenvalue weighted by molar-refractivity contribution is 0.357. The first-order chi connectivity index (χ1) is 16.3. The summed E-state index contributed by atoms with van der Waals surface area (Å²) in [4.78, 5) is -0.200. The Labute approximate surface area is 197 Å². The highest BCUT2D eigenvalue weighted by molar-refractivity contribution is 7.96. The van der Waals surface area contributed by atoms with E-state index in [0.717, 1.165) is 11.1 Å². The fraction of sp³-hybridized carbons (Fsp3) is 0.115. The first-order valence-corrected chi connectivity index (χ1v) is 12.0. The van der Waals surface area contributed by atoms with Crippen LogP contribution in [0.25, 0.3) is 5.76 Å². The summed E-state index contributed by atoms with van der Waals surface area (Å²) >= 11 is 0. The number of anilines is 1. The van der Waals surface area contributed by atoms with Crippen LogP contribution >= 0.6 is 0 Å². The molecule has 3 aromatic rings. The van der Waals surface area contributed by atoms with Crippen LogP contribution in [0.15, 0.2) is 89.2 Å². The molecule has 0 aromatic heterocycles. The Balaban J connectivity index is 1.77. The molecule has 2 aliphatic rings. The summed E-state index contributed by atoms with van der Waals surface area (Å²) in [5, 5.41) is 9.85. The van der Waals surface area contributed by atoms with E-state index in [4.69, 9.17) is 10.5 Å². The summed E-state index contributed by atoms with van der Waals surface area (Å²) in [5.74, 6) is -2.11. The average molecular weight is 474 g/mol. The number of hydrogen-bond acceptors (Lipinski definition) is 5. The van der Waals surface area contributed by atoms with E-state index in [1.54, 1.807) is 30.3 Å². The lowest BCUT2D eigenvalue weighted by atomic mass is 9.88. The van der Waals surface area contributed by atoms with Gasteiger partial charge >= 0.3 is 0 Å². The monoisotopic (exact) mass is 473 g/mol. The standard InChI is InChI=1S/C26H20FN3O3S/c1-16-10-12-17(13-11-16)15-30-22-9-5-3-7-19(22)24-25(34(30,31)32)23(20(14-28)26(29)33-24)18-6-2-4-8-21(18)27/h2-13,23H,15,29H2,1H3/t23-/m0/s1. The molecule has 1 atom stereocenters. The number of para-hydroxylation sites is 1. The highest BCUT2D eigenvalue weighted by Gasteiger charge is 2.47. The van der Waals surface area contributed by atoms with E-state index >= 15 is 0 Å². The number of nitriles is 1. The molecular formula is C26H20FN3O3S. The molecular weight excluding hydrogens is 453 g/mol. The highest BCUT2D eigenvalue weighted by atomic mass is 32.2. The Kier molecular flexibility index (Phi) is 5.14. The van der Waals surface area contributed by atoms with Crippen LogP contribution in [0, 0.1) is 24.1 Å². The molecule has 0 unspecified atom stereocenters. The van der Waals surface area contributed by atoms with Crippen LogP contribution in [-0.2, 0) is 21.3 Å². The SMILES string of the molecule is Cc1ccc(CN2c3ccccc3C3=C([C@@H](c4ccccc4F)C(C#N)=C(N)O3)S2(=O)=O)cc1. The van der Waals surface area contributed by atoms with Crippen molar-refractivity contribution in [1.82, 2.24) is 0 Å². The first-order valence-electron chi connectivity index (χ1n) is 10.6. The number of aryl methyl sites for hydroxylation is 1. The molecule has 0 amide bonds. The fourth-order valence-electron chi connectivity index (χ4n) is 4.36. The van der Waals surface area contributed by atoms with E-state index in [0.29, 0.717) is 11.3 Å². The van der Waals surface area contributed by atoms with Crippen LogP contribution < -0.4 is 10.0 Å². The van der Waals surface area contributed by atoms with E-state index in [9.17, 15) is 18.1 Å². The molecule has 0 radical (unpaired) electrons. The molecule has 2 N–H and O–H groups in total. The summed E-state index contributed by atoms with van der Waals surface area (Å²) in [6.45, 7) is 2.01. The highest BCUT2D eigenvalue weighted by Crippen LogP contribution is 2.51. The van der Waals surface area contributed by atoms with Crippen molar-refractivity contribution >= 4 is 21.5 Å². The van der Waals surface area contributed by atoms with Gasteiger partial charge in [0, 0.05) is 11.1 Å². The Morgan fingerprint density at radius 2 is 1.74 bits per heavy atom. The van der Waals surface area contributed by atoms with Gasteiger partial charge in [0.25, 0.3) is 10.0 Å². The molecule has 170 valence electrons. The Morgan fingerprint density at radius 3 is 2.44 bits per heavy atom. The van der Waals surface area contributed by atoms with Crippen LogP contribution in [0.5, 0.6) is 0 Å². The van der Waals surface area contributed by atoms with Crippen LogP contribution in [0.3, 0.4) is 0 Å². The number of sulfonamides is 1. The number of rotatable bonds is 3. The summed E-state index contributed by atoms with van der Waals surface area (Å²) in [7, 11) is -4.25. The normalized spacial score (nSPS) is 18.6. The Morgan fingerprint density at radius 1 is 1.06 bits per heavy atom. The topological polar surface area (TPSA) is 96.4 Å². The van der Waals surface area contributed by atoms with Gasteiger partial charge in [0.1, 0.15) is 22.4 Å². The number of ether oxygens (including phenoxy) is 1. The zero-order valence-electron chi connectivity index (χ0n) is 18.2. The van der Waals surface area contributed by atoms with Crippen LogP contribution in [-0.4, -0.2) is 8.42 Å². The van der Waals surface area contributed by atoms with Gasteiger partial charge in [0.15, 0.2) is 5.76 Å². The van der Waals surface area contributed by atoms with E-state index in [1.165, 1.54) is 22.5 Å². The van der Waals surface area contributed by atoms with Crippen molar-refractivity contribution in [3.05, 3.63) is 117 Å². The lowest BCUT2D eigenvalue weighted by Crippen LogP contribution is -2.39. The van der Waals surface area contributed by atoms with Crippen molar-refractivity contribution < 1.29 is 17.5 Å². The largest absolute Gasteiger partial charge is 0.439 e. The Bertz CT molecular complexity index is 1520. The lowest BCUT2D eigenvalue weighted by Gasteiger charge is -2.38. The van der Waals surface area contributed by atoms with Gasteiger partial charge in [0.2, 0.25) is 5.88 Å². The number of fused-ring (bicyclic) bond motifs is 2. The molecule has 0 spiro atoms. The quantitative estimate of drug-likeness (QED) is 0.597. The van der Waals surface area contributed by atoms with Crippen molar-refractivity contribution in [2.75, 3.05) is 4.31 Å². The van der Waals surface area contributed by atoms with E-state index in [2.05, 4.69) is 0 Å². The number of nitrogens with zero attached hydrogens (tertiary/aromatic N) is 2. The Hall–Kier alpha value is -4.09. The van der Waals surface area contributed by atoms with Gasteiger partial charge in [-0.15, -0.1) is 0 Å². The molecule has 0 saturated carbocycles. The van der Waals surface area contributed by atoms with Crippen molar-refractivity contribution in [1.29, 1.82) is 5.26 Å². The smallest absolute Gasteiger partial charge is 0.265 e. The van der Waals surface area contributed by atoms with E-state index < -0.39 is 21.8 Å². The second kappa shape index (κ2) is 8.04. The minimum Gasteiger partial charge on any atom is -0.439 e. The second-order valence-corrected chi connectivity index (χ2v) is 9.98. The van der Waals surface area contributed by atoms with Gasteiger partial charge in [0.05, 0.1) is 18.2 Å². The summed E-state index contributed by atoms with van der Waals surface area (Å²) < 4.78 is 50.3. The average Bonchev–Trinajstić information content (AvgIpc) is 2.82. The number of nitrogens with two attached hydrogens (primary N) is 1. The molecule has 2 aliphatic heterocycles. The molecule has 34 heavy (non-hydrogen) atoms. The maximum Gasteiger partial charge on any atom is 0.265 e. The van der Waals surface area contributed by atoms with Gasteiger partial charge in [-0.2, -0.15) is 5.26 Å². The maximum atomic E-state index is 15.0. The fourth-order valence-corrected chi connectivity index (χ4v) is 6.26. The second-order valence-electron chi connectivity index (χ2n) is 8.15. The predicted octanol–water partition coefficient (Wildman–Crippen LogP) is 4.66. The van der Waals surface area contributed by atoms with Crippen LogP contribution in [0.4, 0.5) is 10.1 Å². The van der Waals surface area contributed by atoms with Crippen molar-refractivity contribution in [3.8, 4) is 6.07 Å². The van der Waals surface area contributed by atoms with Crippen molar-refractivity contribution in [2.45, 2.75) is 19.4 Å². The third-order valence-electron chi connectivity index (χ3n) is 6.02. The number of benzene rings is 3. The van der Waals surface area contributed by atoms with Gasteiger partial charge in [-0.3, -0.25) is 4.31 Å². The molecule has 0 aliphatic carbocycles. The molecule has 5 rings (SSSR count). The minimum absolute atomic E-state index is 0.0144. The zero-order valence-corrected chi connectivity index (χ0v) is 19.0. The minimum atomic E-state index is -4.25. The number of allylic oxidation sites excluding steroid dienone is 2. The van der Waals surface area contributed by atoms with Gasteiger partial charge in [-0.05, 0) is 30.7 Å². The van der Waals surface area contributed by atoms with Crippen LogP contribution in [0.2, 0.25) is 0 Å². The molecule has 8 heteroatoms. The van der Waals surface area contributed by atoms with Gasteiger partial charge < -0.3 is 10.5 Å². The summed E-state index contributed by atoms with van der Waals surface area (Å²) in [5.41, 5.74) is 8.70. The van der Waals surface area contributed by atoms with Crippen molar-refractivity contribution in [3.63, 3.8) is 0 Å². The molecule has 6 nitrogen and oxygen atoms in total. The molecule has 2 heterocycles.